The molecule has 0 spiro atoms. The van der Waals surface area contributed by atoms with Gasteiger partial charge in [-0.15, -0.1) is 13.2 Å². The van der Waals surface area contributed by atoms with Gasteiger partial charge in [0.1, 0.15) is 0 Å². The van der Waals surface area contributed by atoms with E-state index in [2.05, 4.69) is 4.74 Å². The fourth-order valence-corrected chi connectivity index (χ4v) is 0.967. The molecule has 1 atom stereocenters. The smallest absolute Gasteiger partial charge is 0.284 e. The van der Waals surface area contributed by atoms with Crippen molar-refractivity contribution in [3.05, 3.63) is 23.8 Å². The van der Waals surface area contributed by atoms with Gasteiger partial charge in [0, 0.05) is 0 Å². The fourth-order valence-electron chi connectivity index (χ4n) is 0.967. The van der Waals surface area contributed by atoms with E-state index in [0.717, 1.165) is 5.57 Å². The Hall–Kier alpha value is -0.770. The zero-order valence-corrected chi connectivity index (χ0v) is 6.56. The second kappa shape index (κ2) is 3.31. The molecule has 0 radical (unpaired) electrons. The number of ether oxygens (including phenoxy) is 1. The molecule has 0 saturated carbocycles. The van der Waals surface area contributed by atoms with Crippen LogP contribution in [0, 0.1) is 0 Å². The Labute approximate surface area is 68.5 Å². The summed E-state index contributed by atoms with van der Waals surface area (Å²) in [6.07, 6.45) is -0.330. The van der Waals surface area contributed by atoms with E-state index in [0.29, 0.717) is 6.42 Å². The van der Waals surface area contributed by atoms with Crippen LogP contribution in [0.2, 0.25) is 0 Å². The van der Waals surface area contributed by atoms with Crippen LogP contribution in [-0.2, 0) is 4.74 Å². The SMILES string of the molecule is CC1=CCC(OC(F)(F)F)C=C1. The highest BCUT2D eigenvalue weighted by Gasteiger charge is 2.32. The molecule has 0 aromatic heterocycles. The van der Waals surface area contributed by atoms with Crippen LogP contribution < -0.4 is 0 Å². The summed E-state index contributed by atoms with van der Waals surface area (Å²) >= 11 is 0. The van der Waals surface area contributed by atoms with Crippen LogP contribution >= 0.6 is 0 Å². The lowest BCUT2D eigenvalue weighted by atomic mass is 10.1. The fraction of sp³-hybridized carbons (Fsp3) is 0.500. The summed E-state index contributed by atoms with van der Waals surface area (Å²) in [7, 11) is 0. The van der Waals surface area contributed by atoms with E-state index in [-0.39, 0.29) is 0 Å². The molecule has 4 heteroatoms. The first-order valence-corrected chi connectivity index (χ1v) is 3.57. The predicted octanol–water partition coefficient (Wildman–Crippen LogP) is 2.80. The van der Waals surface area contributed by atoms with Crippen molar-refractivity contribution in [2.45, 2.75) is 25.8 Å². The van der Waals surface area contributed by atoms with Crippen molar-refractivity contribution in [3.63, 3.8) is 0 Å². The largest absolute Gasteiger partial charge is 0.523 e. The third kappa shape index (κ3) is 3.09. The van der Waals surface area contributed by atoms with E-state index in [9.17, 15) is 13.2 Å². The highest BCUT2D eigenvalue weighted by atomic mass is 19.4. The minimum atomic E-state index is -4.53. The zero-order valence-electron chi connectivity index (χ0n) is 6.56. The molecule has 0 heterocycles. The summed E-state index contributed by atoms with van der Waals surface area (Å²) < 4.78 is 38.8. The van der Waals surface area contributed by atoms with Crippen molar-refractivity contribution in [3.8, 4) is 0 Å². The lowest BCUT2D eigenvalue weighted by molar-refractivity contribution is -0.336. The second-order valence-electron chi connectivity index (χ2n) is 2.65. The van der Waals surface area contributed by atoms with Crippen molar-refractivity contribution < 1.29 is 17.9 Å². The van der Waals surface area contributed by atoms with E-state index in [1.54, 1.807) is 12.2 Å². The van der Waals surface area contributed by atoms with E-state index >= 15 is 0 Å². The minimum absolute atomic E-state index is 0.293. The molecule has 0 bridgehead atoms. The van der Waals surface area contributed by atoms with Crippen molar-refractivity contribution in [1.29, 1.82) is 0 Å². The molecule has 1 nitrogen and oxygen atoms in total. The van der Waals surface area contributed by atoms with Gasteiger partial charge >= 0.3 is 6.36 Å². The molecule has 0 N–H and O–H groups in total. The topological polar surface area (TPSA) is 9.23 Å². The molecule has 68 valence electrons. The quantitative estimate of drug-likeness (QED) is 0.599. The van der Waals surface area contributed by atoms with Crippen molar-refractivity contribution in [1.82, 2.24) is 0 Å². The minimum Gasteiger partial charge on any atom is -0.284 e. The maximum Gasteiger partial charge on any atom is 0.523 e. The Bertz CT molecular complexity index is 215. The molecule has 0 aromatic rings. The van der Waals surface area contributed by atoms with Gasteiger partial charge in [-0.1, -0.05) is 23.8 Å². The summed E-state index contributed by atoms with van der Waals surface area (Å²) in [4.78, 5) is 0. The van der Waals surface area contributed by atoms with Gasteiger partial charge < -0.3 is 0 Å². The number of alkyl halides is 3. The molecule has 0 aromatic carbocycles. The standard InChI is InChI=1S/C8H9F3O/c1-6-2-4-7(5-3-6)12-8(9,10)11/h2-4,7H,5H2,1H3. The average Bonchev–Trinajstić information content (AvgIpc) is 1.91. The predicted molar refractivity (Wildman–Crippen MR) is 38.4 cm³/mol. The molecule has 1 rings (SSSR count). The molecule has 0 amide bonds. The van der Waals surface area contributed by atoms with Crippen LogP contribution in [-0.4, -0.2) is 12.5 Å². The van der Waals surface area contributed by atoms with Crippen LogP contribution in [0.15, 0.2) is 23.8 Å². The van der Waals surface area contributed by atoms with Crippen LogP contribution in [0.4, 0.5) is 13.2 Å². The number of allylic oxidation sites excluding steroid dienone is 2. The molecule has 0 fully saturated rings. The van der Waals surface area contributed by atoms with Gasteiger partial charge in [0.2, 0.25) is 0 Å². The Kier molecular flexibility index (Phi) is 2.57. The molecule has 1 aliphatic rings. The van der Waals surface area contributed by atoms with Gasteiger partial charge in [-0.3, -0.25) is 4.74 Å². The van der Waals surface area contributed by atoms with E-state index in [1.165, 1.54) is 6.08 Å². The second-order valence-corrected chi connectivity index (χ2v) is 2.65. The Morgan fingerprint density at radius 1 is 1.50 bits per heavy atom. The molecular formula is C8H9F3O. The van der Waals surface area contributed by atoms with E-state index < -0.39 is 12.5 Å². The number of hydrogen-bond acceptors (Lipinski definition) is 1. The average molecular weight is 178 g/mol. The van der Waals surface area contributed by atoms with Crippen molar-refractivity contribution >= 4 is 0 Å². The van der Waals surface area contributed by atoms with Crippen molar-refractivity contribution in [2.75, 3.05) is 0 Å². The van der Waals surface area contributed by atoms with Gasteiger partial charge in [0.15, 0.2) is 0 Å². The monoisotopic (exact) mass is 178 g/mol. The van der Waals surface area contributed by atoms with Gasteiger partial charge in [-0.05, 0) is 13.3 Å². The third-order valence-electron chi connectivity index (χ3n) is 1.53. The maximum atomic E-state index is 11.7. The first kappa shape index (κ1) is 9.32. The Balaban J connectivity index is 2.44. The van der Waals surface area contributed by atoms with Gasteiger partial charge in [0.05, 0.1) is 6.10 Å². The maximum absolute atomic E-state index is 11.7. The Morgan fingerprint density at radius 2 is 2.17 bits per heavy atom. The zero-order chi connectivity index (χ0) is 9.19. The summed E-state index contributed by atoms with van der Waals surface area (Å²) in [5, 5.41) is 0. The lowest BCUT2D eigenvalue weighted by Gasteiger charge is -2.17. The first-order valence-electron chi connectivity index (χ1n) is 3.57. The molecular weight excluding hydrogens is 169 g/mol. The summed E-state index contributed by atoms with van der Waals surface area (Å²) in [6, 6.07) is 0. The summed E-state index contributed by atoms with van der Waals surface area (Å²) in [5.41, 5.74) is 0.969. The highest BCUT2D eigenvalue weighted by Crippen LogP contribution is 2.23. The summed E-state index contributed by atoms with van der Waals surface area (Å²) in [6.45, 7) is 1.83. The van der Waals surface area contributed by atoms with Crippen LogP contribution in [0.5, 0.6) is 0 Å². The van der Waals surface area contributed by atoms with Gasteiger partial charge in [-0.25, -0.2) is 0 Å². The highest BCUT2D eigenvalue weighted by molar-refractivity contribution is 5.21. The molecule has 1 aliphatic carbocycles. The van der Waals surface area contributed by atoms with E-state index in [4.69, 9.17) is 0 Å². The number of hydrogen-bond donors (Lipinski definition) is 0. The summed E-state index contributed by atoms with van der Waals surface area (Å²) in [5.74, 6) is 0. The van der Waals surface area contributed by atoms with Gasteiger partial charge in [-0.2, -0.15) is 0 Å². The third-order valence-corrected chi connectivity index (χ3v) is 1.53. The van der Waals surface area contributed by atoms with E-state index in [1.807, 2.05) is 6.92 Å². The lowest BCUT2D eigenvalue weighted by Crippen LogP contribution is -2.22. The molecule has 0 aliphatic heterocycles. The Morgan fingerprint density at radius 3 is 2.58 bits per heavy atom. The molecule has 12 heavy (non-hydrogen) atoms. The van der Waals surface area contributed by atoms with Crippen molar-refractivity contribution in [2.24, 2.45) is 0 Å². The molecule has 0 saturated heterocycles. The normalized spacial score (nSPS) is 24.0. The van der Waals surface area contributed by atoms with Crippen LogP contribution in [0.25, 0.3) is 0 Å². The number of rotatable bonds is 1. The first-order chi connectivity index (χ1) is 5.47. The molecule has 1 unspecified atom stereocenters. The van der Waals surface area contributed by atoms with Crippen LogP contribution in [0.1, 0.15) is 13.3 Å². The van der Waals surface area contributed by atoms with Crippen LogP contribution in [0.3, 0.4) is 0 Å². The number of halogens is 3. The van der Waals surface area contributed by atoms with Gasteiger partial charge in [0.25, 0.3) is 0 Å².